The third kappa shape index (κ3) is 3.10. The molecule has 0 aromatic heterocycles. The number of ether oxygens (including phenoxy) is 4. The number of hydrogen-bond acceptors (Lipinski definition) is 8. The highest BCUT2D eigenvalue weighted by atomic mass is 19.3. The van der Waals surface area contributed by atoms with Gasteiger partial charge < -0.3 is 24.3 Å². The van der Waals surface area contributed by atoms with E-state index >= 15 is 0 Å². The van der Waals surface area contributed by atoms with Crippen LogP contribution in [0.4, 0.5) is 13.6 Å². The van der Waals surface area contributed by atoms with Crippen LogP contribution in [-0.4, -0.2) is 24.5 Å². The molecule has 1 unspecified atom stereocenters. The number of halogens is 2. The number of dihydropyridines is 1. The van der Waals surface area contributed by atoms with Gasteiger partial charge in [-0.15, -0.1) is 8.78 Å². The van der Waals surface area contributed by atoms with Crippen LogP contribution in [0, 0.1) is 10.1 Å². The van der Waals surface area contributed by atoms with Crippen molar-refractivity contribution in [2.75, 3.05) is 7.11 Å². The van der Waals surface area contributed by atoms with E-state index in [1.54, 1.807) is 0 Å². The fraction of sp³-hybridized carbons (Fsp3) is 0.267. The van der Waals surface area contributed by atoms with Gasteiger partial charge in [-0.05, 0) is 24.6 Å². The highest BCUT2D eigenvalue weighted by Gasteiger charge is 2.45. The second-order valence-corrected chi connectivity index (χ2v) is 5.32. The maximum atomic E-state index is 13.2. The van der Waals surface area contributed by atoms with Crippen LogP contribution < -0.4 is 14.8 Å². The Morgan fingerprint density at radius 1 is 1.35 bits per heavy atom. The van der Waals surface area contributed by atoms with Gasteiger partial charge in [0.15, 0.2) is 11.5 Å². The van der Waals surface area contributed by atoms with Crippen molar-refractivity contribution >= 4 is 6.16 Å². The van der Waals surface area contributed by atoms with Crippen molar-refractivity contribution in [2.45, 2.75) is 19.1 Å². The highest BCUT2D eigenvalue weighted by molar-refractivity contribution is 5.62. The molecule has 3 rings (SSSR count). The summed E-state index contributed by atoms with van der Waals surface area (Å²) in [4.78, 5) is 22.3. The van der Waals surface area contributed by atoms with Crippen molar-refractivity contribution < 1.29 is 37.4 Å². The van der Waals surface area contributed by atoms with Crippen molar-refractivity contribution in [3.63, 3.8) is 0 Å². The van der Waals surface area contributed by atoms with Crippen LogP contribution in [0.5, 0.6) is 11.5 Å². The normalized spacial score (nSPS) is 20.2. The van der Waals surface area contributed by atoms with Gasteiger partial charge in [-0.1, -0.05) is 6.07 Å². The summed E-state index contributed by atoms with van der Waals surface area (Å²) < 4.78 is 44.5. The molecule has 2 aliphatic rings. The average Bonchev–Trinajstić information content (AvgIpc) is 2.88. The second kappa shape index (κ2) is 6.17. The molecule has 11 heteroatoms. The SMILES string of the molecule is COC(=O)OC1=CNC(C)=C([N+](=O)[O-])C1c1ccc2c(c1)OC(F)(F)O2. The topological polar surface area (TPSA) is 109 Å². The standard InChI is InChI=1S/C15H12F2N2O7/c1-7-13(19(21)22)12(11(6-18-7)24-14(20)23-2)8-3-4-9-10(5-8)26-15(16,17)25-9/h3-6,12,18H,1-2H3. The zero-order chi connectivity index (χ0) is 19.1. The molecule has 1 atom stereocenters. The summed E-state index contributed by atoms with van der Waals surface area (Å²) in [6.07, 6.45) is -3.66. The van der Waals surface area contributed by atoms with E-state index in [0.717, 1.165) is 13.2 Å². The molecule has 0 radical (unpaired) electrons. The third-order valence-corrected chi connectivity index (χ3v) is 3.70. The summed E-state index contributed by atoms with van der Waals surface area (Å²) in [5.74, 6) is -1.80. The Morgan fingerprint density at radius 2 is 2.04 bits per heavy atom. The van der Waals surface area contributed by atoms with Crippen molar-refractivity contribution in [3.8, 4) is 11.5 Å². The number of rotatable bonds is 3. The van der Waals surface area contributed by atoms with E-state index in [2.05, 4.69) is 19.5 Å². The molecule has 0 bridgehead atoms. The number of carbonyl (C=O) groups is 1. The molecule has 0 saturated carbocycles. The van der Waals surface area contributed by atoms with Crippen LogP contribution in [0.2, 0.25) is 0 Å². The number of benzene rings is 1. The largest absolute Gasteiger partial charge is 0.586 e. The van der Waals surface area contributed by atoms with Crippen molar-refractivity contribution in [1.29, 1.82) is 0 Å². The number of nitro groups is 1. The van der Waals surface area contributed by atoms with E-state index in [-0.39, 0.29) is 34.2 Å². The summed E-state index contributed by atoms with van der Waals surface area (Å²) in [5.41, 5.74) is 0.0602. The number of nitrogens with one attached hydrogen (secondary N) is 1. The lowest BCUT2D eigenvalue weighted by atomic mass is 9.91. The lowest BCUT2D eigenvalue weighted by Gasteiger charge is -2.23. The Bertz CT molecular complexity index is 850. The summed E-state index contributed by atoms with van der Waals surface area (Å²) in [5, 5.41) is 14.1. The third-order valence-electron chi connectivity index (χ3n) is 3.70. The predicted octanol–water partition coefficient (Wildman–Crippen LogP) is 2.83. The number of fused-ring (bicyclic) bond motifs is 1. The zero-order valence-corrected chi connectivity index (χ0v) is 13.4. The van der Waals surface area contributed by atoms with Gasteiger partial charge in [0.05, 0.1) is 17.7 Å². The van der Waals surface area contributed by atoms with Gasteiger partial charge >= 0.3 is 12.5 Å². The average molecular weight is 370 g/mol. The molecule has 2 aliphatic heterocycles. The molecule has 0 saturated heterocycles. The number of nitrogens with zero attached hydrogens (tertiary/aromatic N) is 1. The van der Waals surface area contributed by atoms with Crippen LogP contribution in [0.3, 0.4) is 0 Å². The van der Waals surface area contributed by atoms with Gasteiger partial charge in [0.1, 0.15) is 11.7 Å². The first kappa shape index (κ1) is 17.5. The minimum absolute atomic E-state index is 0.139. The van der Waals surface area contributed by atoms with Gasteiger partial charge in [0, 0.05) is 6.20 Å². The molecule has 0 aliphatic carbocycles. The monoisotopic (exact) mass is 370 g/mol. The molecule has 0 amide bonds. The van der Waals surface area contributed by atoms with E-state index in [4.69, 9.17) is 4.74 Å². The maximum absolute atomic E-state index is 13.2. The summed E-state index contributed by atoms with van der Waals surface area (Å²) in [6.45, 7) is 1.46. The Morgan fingerprint density at radius 3 is 2.69 bits per heavy atom. The lowest BCUT2D eigenvalue weighted by Crippen LogP contribution is -2.26. The smallest absolute Gasteiger partial charge is 0.437 e. The van der Waals surface area contributed by atoms with E-state index in [0.29, 0.717) is 0 Å². The van der Waals surface area contributed by atoms with Crippen LogP contribution in [0.15, 0.2) is 41.6 Å². The molecule has 138 valence electrons. The lowest BCUT2D eigenvalue weighted by molar-refractivity contribution is -0.431. The van der Waals surface area contributed by atoms with E-state index < -0.39 is 23.3 Å². The van der Waals surface area contributed by atoms with Crippen LogP contribution in [0.1, 0.15) is 18.4 Å². The van der Waals surface area contributed by atoms with Crippen LogP contribution in [0.25, 0.3) is 0 Å². The molecule has 0 spiro atoms. The molecular weight excluding hydrogens is 358 g/mol. The number of carbonyl (C=O) groups excluding carboxylic acids is 1. The molecule has 0 fully saturated rings. The quantitative estimate of drug-likeness (QED) is 0.491. The highest BCUT2D eigenvalue weighted by Crippen LogP contribution is 2.45. The van der Waals surface area contributed by atoms with Gasteiger partial charge in [-0.2, -0.15) is 0 Å². The Labute approximate surface area is 144 Å². The molecule has 1 N–H and O–H groups in total. The van der Waals surface area contributed by atoms with Gasteiger partial charge in [-0.3, -0.25) is 10.1 Å². The maximum Gasteiger partial charge on any atom is 0.586 e. The number of allylic oxidation sites excluding steroid dienone is 1. The predicted molar refractivity (Wildman–Crippen MR) is 79.8 cm³/mol. The van der Waals surface area contributed by atoms with Gasteiger partial charge in [0.25, 0.3) is 5.70 Å². The van der Waals surface area contributed by atoms with E-state index in [1.807, 2.05) is 0 Å². The molecule has 2 heterocycles. The Balaban J connectivity index is 2.05. The number of hydrogen-bond donors (Lipinski definition) is 1. The minimum atomic E-state index is -3.83. The molecular formula is C15H12F2N2O7. The van der Waals surface area contributed by atoms with Crippen LogP contribution >= 0.6 is 0 Å². The van der Waals surface area contributed by atoms with E-state index in [1.165, 1.54) is 25.3 Å². The summed E-state index contributed by atoms with van der Waals surface area (Å²) in [6, 6.07) is 3.69. The number of methoxy groups -OCH3 is 1. The van der Waals surface area contributed by atoms with Crippen LogP contribution in [-0.2, 0) is 9.47 Å². The number of alkyl halides is 2. The minimum Gasteiger partial charge on any atom is -0.437 e. The van der Waals surface area contributed by atoms with Crippen molar-refractivity contribution in [3.05, 3.63) is 57.2 Å². The fourth-order valence-electron chi connectivity index (χ4n) is 2.62. The van der Waals surface area contributed by atoms with E-state index in [9.17, 15) is 23.7 Å². The summed E-state index contributed by atoms with van der Waals surface area (Å²) in [7, 11) is 1.08. The fourth-order valence-corrected chi connectivity index (χ4v) is 2.62. The molecule has 1 aromatic rings. The first-order valence-corrected chi connectivity index (χ1v) is 7.19. The Kier molecular flexibility index (Phi) is 4.14. The molecule has 9 nitrogen and oxygen atoms in total. The molecule has 26 heavy (non-hydrogen) atoms. The van der Waals surface area contributed by atoms with Crippen molar-refractivity contribution in [2.24, 2.45) is 0 Å². The molecule has 1 aromatic carbocycles. The van der Waals surface area contributed by atoms with Gasteiger partial charge in [-0.25, -0.2) is 4.79 Å². The van der Waals surface area contributed by atoms with Crippen molar-refractivity contribution in [1.82, 2.24) is 5.32 Å². The second-order valence-electron chi connectivity index (χ2n) is 5.32. The Hall–Kier alpha value is -3.37. The van der Waals surface area contributed by atoms with Gasteiger partial charge in [0.2, 0.25) is 0 Å². The first-order chi connectivity index (χ1) is 12.2. The zero-order valence-electron chi connectivity index (χ0n) is 13.4. The summed E-state index contributed by atoms with van der Waals surface area (Å²) >= 11 is 0. The first-order valence-electron chi connectivity index (χ1n) is 7.19.